The summed E-state index contributed by atoms with van der Waals surface area (Å²) in [6.07, 6.45) is 1.01. The average Bonchev–Trinajstić information content (AvgIpc) is 3.14. The summed E-state index contributed by atoms with van der Waals surface area (Å²) < 4.78 is 20.4. The van der Waals surface area contributed by atoms with E-state index < -0.39 is 0 Å². The molecule has 0 radical (unpaired) electrons. The Morgan fingerprint density at radius 2 is 1.84 bits per heavy atom. The molecule has 1 saturated heterocycles. The molecule has 3 heterocycles. The molecule has 0 spiro atoms. The highest BCUT2D eigenvalue weighted by Crippen LogP contribution is 2.28. The molecule has 8 nitrogen and oxygen atoms in total. The second kappa shape index (κ2) is 9.07. The predicted octanol–water partition coefficient (Wildman–Crippen LogP) is 2.87. The van der Waals surface area contributed by atoms with E-state index in [1.165, 1.54) is 28.3 Å². The lowest BCUT2D eigenvalue weighted by Gasteiger charge is -2.33. The normalized spacial score (nSPS) is 14.1. The third-order valence-corrected chi connectivity index (χ3v) is 6.69. The van der Waals surface area contributed by atoms with Crippen LogP contribution in [-0.2, 0) is 11.3 Å². The number of aromatic nitrogens is 2. The van der Waals surface area contributed by atoms with Gasteiger partial charge in [0.2, 0.25) is 0 Å². The molecule has 0 aliphatic carbocycles. The summed E-state index contributed by atoms with van der Waals surface area (Å²) in [6.45, 7) is 5.40. The van der Waals surface area contributed by atoms with Gasteiger partial charge >= 0.3 is 6.09 Å². The minimum Gasteiger partial charge on any atom is -0.450 e. The van der Waals surface area contributed by atoms with Crippen LogP contribution in [0.4, 0.5) is 9.18 Å². The van der Waals surface area contributed by atoms with Crippen molar-refractivity contribution in [1.82, 2.24) is 19.4 Å². The van der Waals surface area contributed by atoms with Crippen LogP contribution in [0, 0.1) is 12.7 Å². The standard InChI is InChI=1S/C22H23FN4O4S/c1-3-31-22(30)26-10-8-25(9-11-26)21(29)18-14(2)17-19(32-18)24-13-27(20(17)28)12-15-6-4-5-7-16(15)23/h4-7,13H,3,8-12H2,1-2H3. The maximum atomic E-state index is 14.0. The van der Waals surface area contributed by atoms with Crippen molar-refractivity contribution in [3.63, 3.8) is 0 Å². The number of fused-ring (bicyclic) bond motifs is 1. The Bertz CT molecular complexity index is 1230. The quantitative estimate of drug-likeness (QED) is 0.600. The minimum absolute atomic E-state index is 0.0584. The minimum atomic E-state index is -0.389. The fourth-order valence-electron chi connectivity index (χ4n) is 3.74. The zero-order chi connectivity index (χ0) is 22.8. The van der Waals surface area contributed by atoms with Crippen LogP contribution in [-0.4, -0.2) is 64.1 Å². The van der Waals surface area contributed by atoms with E-state index in [4.69, 9.17) is 4.74 Å². The van der Waals surface area contributed by atoms with E-state index in [1.54, 1.807) is 41.8 Å². The van der Waals surface area contributed by atoms with Crippen LogP contribution >= 0.6 is 11.3 Å². The topological polar surface area (TPSA) is 84.7 Å². The summed E-state index contributed by atoms with van der Waals surface area (Å²) in [4.78, 5) is 46.6. The van der Waals surface area contributed by atoms with Gasteiger partial charge in [-0.1, -0.05) is 18.2 Å². The Hall–Kier alpha value is -3.27. The Kier molecular flexibility index (Phi) is 6.22. The number of aryl methyl sites for hydroxylation is 1. The van der Waals surface area contributed by atoms with E-state index in [2.05, 4.69) is 4.98 Å². The van der Waals surface area contributed by atoms with Crippen molar-refractivity contribution in [2.75, 3.05) is 32.8 Å². The maximum absolute atomic E-state index is 14.0. The third-order valence-electron chi connectivity index (χ3n) is 5.50. The van der Waals surface area contributed by atoms with Crippen molar-refractivity contribution in [2.45, 2.75) is 20.4 Å². The van der Waals surface area contributed by atoms with Crippen LogP contribution in [0.25, 0.3) is 10.2 Å². The molecule has 10 heteroatoms. The first-order chi connectivity index (χ1) is 15.4. The van der Waals surface area contributed by atoms with Crippen LogP contribution in [0.1, 0.15) is 27.7 Å². The zero-order valence-electron chi connectivity index (χ0n) is 17.8. The molecule has 4 rings (SSSR count). The number of benzene rings is 1. The summed E-state index contributed by atoms with van der Waals surface area (Å²) in [6, 6.07) is 6.28. The molecule has 0 saturated carbocycles. The number of carbonyl (C=O) groups is 2. The summed E-state index contributed by atoms with van der Waals surface area (Å²) in [5, 5.41) is 0.377. The molecule has 1 fully saturated rings. The highest BCUT2D eigenvalue weighted by molar-refractivity contribution is 7.20. The number of amides is 2. The van der Waals surface area contributed by atoms with Crippen molar-refractivity contribution < 1.29 is 18.7 Å². The number of thiophene rings is 1. The van der Waals surface area contributed by atoms with E-state index in [-0.39, 0.29) is 29.9 Å². The largest absolute Gasteiger partial charge is 0.450 e. The van der Waals surface area contributed by atoms with Crippen molar-refractivity contribution in [1.29, 1.82) is 0 Å². The molecular weight excluding hydrogens is 435 g/mol. The average molecular weight is 459 g/mol. The number of hydrogen-bond acceptors (Lipinski definition) is 6. The number of halogens is 1. The Morgan fingerprint density at radius 1 is 1.16 bits per heavy atom. The summed E-state index contributed by atoms with van der Waals surface area (Å²) >= 11 is 1.18. The van der Waals surface area contributed by atoms with Gasteiger partial charge in [-0.2, -0.15) is 0 Å². The summed E-state index contributed by atoms with van der Waals surface area (Å²) in [5.41, 5.74) is 0.654. The number of ether oxygens (including phenoxy) is 1. The first kappa shape index (κ1) is 21.9. The van der Waals surface area contributed by atoms with Crippen LogP contribution in [0.3, 0.4) is 0 Å². The molecule has 0 atom stereocenters. The number of piperazine rings is 1. The van der Waals surface area contributed by atoms with Gasteiger partial charge in [0, 0.05) is 31.7 Å². The molecule has 1 aliphatic rings. The molecule has 32 heavy (non-hydrogen) atoms. The van der Waals surface area contributed by atoms with Gasteiger partial charge in [-0.15, -0.1) is 11.3 Å². The number of nitrogens with zero attached hydrogens (tertiary/aromatic N) is 4. The number of hydrogen-bond donors (Lipinski definition) is 0. The molecule has 1 aliphatic heterocycles. The van der Waals surface area contributed by atoms with E-state index in [1.807, 2.05) is 0 Å². The van der Waals surface area contributed by atoms with Gasteiger partial charge in [0.25, 0.3) is 11.5 Å². The van der Waals surface area contributed by atoms with Gasteiger partial charge < -0.3 is 14.5 Å². The highest BCUT2D eigenvalue weighted by atomic mass is 32.1. The highest BCUT2D eigenvalue weighted by Gasteiger charge is 2.28. The van der Waals surface area contributed by atoms with Crippen LogP contribution in [0.2, 0.25) is 0 Å². The van der Waals surface area contributed by atoms with Crippen molar-refractivity contribution in [2.24, 2.45) is 0 Å². The van der Waals surface area contributed by atoms with Crippen LogP contribution < -0.4 is 5.56 Å². The first-order valence-corrected chi connectivity index (χ1v) is 11.1. The Labute approximate surface area is 187 Å². The summed E-state index contributed by atoms with van der Waals surface area (Å²) in [5.74, 6) is -0.576. The second-order valence-corrected chi connectivity index (χ2v) is 8.48. The number of carbonyl (C=O) groups excluding carboxylic acids is 2. The fourth-order valence-corrected chi connectivity index (χ4v) is 4.84. The molecule has 2 aromatic heterocycles. The SMILES string of the molecule is CCOC(=O)N1CCN(C(=O)c2sc3ncn(Cc4ccccc4F)c(=O)c3c2C)CC1. The molecule has 3 aromatic rings. The zero-order valence-corrected chi connectivity index (χ0v) is 18.7. The van der Waals surface area contributed by atoms with Gasteiger partial charge in [-0.05, 0) is 25.5 Å². The lowest BCUT2D eigenvalue weighted by Crippen LogP contribution is -2.50. The molecule has 1 aromatic carbocycles. The van der Waals surface area contributed by atoms with Crippen LogP contribution in [0.15, 0.2) is 35.4 Å². The predicted molar refractivity (Wildman–Crippen MR) is 119 cm³/mol. The van der Waals surface area contributed by atoms with Gasteiger partial charge in [0.1, 0.15) is 10.6 Å². The first-order valence-electron chi connectivity index (χ1n) is 10.3. The summed E-state index contributed by atoms with van der Waals surface area (Å²) in [7, 11) is 0. The molecule has 0 N–H and O–H groups in total. The maximum Gasteiger partial charge on any atom is 0.409 e. The monoisotopic (exact) mass is 458 g/mol. The van der Waals surface area contributed by atoms with Gasteiger partial charge in [-0.3, -0.25) is 14.2 Å². The molecule has 0 unspecified atom stereocenters. The smallest absolute Gasteiger partial charge is 0.409 e. The Balaban J connectivity index is 1.57. The van der Waals surface area contributed by atoms with E-state index >= 15 is 0 Å². The Morgan fingerprint density at radius 3 is 2.53 bits per heavy atom. The van der Waals surface area contributed by atoms with Gasteiger partial charge in [-0.25, -0.2) is 14.2 Å². The van der Waals surface area contributed by atoms with Crippen molar-refractivity contribution in [3.05, 3.63) is 62.8 Å². The van der Waals surface area contributed by atoms with Crippen molar-refractivity contribution in [3.8, 4) is 0 Å². The lowest BCUT2D eigenvalue weighted by molar-refractivity contribution is 0.0574. The molecule has 0 bridgehead atoms. The van der Waals surface area contributed by atoms with E-state index in [0.717, 1.165) is 0 Å². The van der Waals surface area contributed by atoms with Crippen LogP contribution in [0.5, 0.6) is 0 Å². The fraction of sp³-hybridized carbons (Fsp3) is 0.364. The van der Waals surface area contributed by atoms with Gasteiger partial charge in [0.05, 0.1) is 29.7 Å². The molecule has 168 valence electrons. The second-order valence-electron chi connectivity index (χ2n) is 7.48. The molecule has 2 amide bonds. The van der Waals surface area contributed by atoms with E-state index in [0.29, 0.717) is 59.0 Å². The number of rotatable bonds is 4. The lowest BCUT2D eigenvalue weighted by atomic mass is 10.2. The van der Waals surface area contributed by atoms with Gasteiger partial charge in [0.15, 0.2) is 0 Å². The third kappa shape index (κ3) is 4.10. The molecular formula is C22H23FN4O4S. The van der Waals surface area contributed by atoms with Crippen molar-refractivity contribution >= 4 is 33.6 Å². The van der Waals surface area contributed by atoms with E-state index in [9.17, 15) is 18.8 Å².